The Hall–Kier alpha value is -0.513. The van der Waals surface area contributed by atoms with Crippen LogP contribution in [0.15, 0.2) is 0 Å². The number of hydrogen-bond acceptors (Lipinski definition) is 6. The third kappa shape index (κ3) is 3.47. The van der Waals surface area contributed by atoms with Crippen molar-refractivity contribution in [3.8, 4) is 0 Å². The Bertz CT molecular complexity index is 290. The van der Waals surface area contributed by atoms with Crippen molar-refractivity contribution in [2.75, 3.05) is 0 Å². The smallest absolute Gasteiger partial charge is 0.335 e. The average Bonchev–Trinajstić information content (AvgIpc) is 2.16. The van der Waals surface area contributed by atoms with Gasteiger partial charge in [-0.1, -0.05) is 0 Å². The van der Waals surface area contributed by atoms with Crippen LogP contribution >= 0.6 is 0 Å². The summed E-state index contributed by atoms with van der Waals surface area (Å²) in [6.07, 6.45) is -7.58. The van der Waals surface area contributed by atoms with E-state index in [1.165, 1.54) is 0 Å². The fourth-order valence-corrected chi connectivity index (χ4v) is 2.39. The molecule has 1 rings (SSSR count). The highest BCUT2D eigenvalue weighted by Gasteiger charge is 2.48. The highest BCUT2D eigenvalue weighted by atomic mass is 28.4. The zero-order valence-electron chi connectivity index (χ0n) is 9.90. The predicted octanol–water partition coefficient (Wildman–Crippen LogP) is -1.27. The van der Waals surface area contributed by atoms with Gasteiger partial charge in [-0.25, -0.2) is 4.79 Å². The Labute approximate surface area is 99.7 Å². The molecule has 0 amide bonds. The van der Waals surface area contributed by atoms with Crippen LogP contribution in [0.25, 0.3) is 0 Å². The Morgan fingerprint density at radius 2 is 1.65 bits per heavy atom. The van der Waals surface area contributed by atoms with Gasteiger partial charge in [0.25, 0.3) is 0 Å². The summed E-state index contributed by atoms with van der Waals surface area (Å²) in [5.74, 6) is -1.41. The third-order valence-electron chi connectivity index (χ3n) is 2.28. The van der Waals surface area contributed by atoms with Gasteiger partial charge in [0.2, 0.25) is 0 Å². The number of carbonyl (C=O) groups is 1. The second kappa shape index (κ2) is 5.00. The highest BCUT2D eigenvalue weighted by molar-refractivity contribution is 6.69. The van der Waals surface area contributed by atoms with Crippen molar-refractivity contribution in [2.24, 2.45) is 0 Å². The molecular formula is C9H18O7Si. The largest absolute Gasteiger partial charge is 0.479 e. The number of ether oxygens (including phenoxy) is 1. The first-order chi connectivity index (χ1) is 7.63. The summed E-state index contributed by atoms with van der Waals surface area (Å²) >= 11 is 0. The first-order valence-corrected chi connectivity index (χ1v) is 8.64. The zero-order chi connectivity index (χ0) is 13.4. The molecule has 17 heavy (non-hydrogen) atoms. The van der Waals surface area contributed by atoms with E-state index in [1.54, 1.807) is 0 Å². The maximum Gasteiger partial charge on any atom is 0.335 e. The van der Waals surface area contributed by atoms with E-state index >= 15 is 0 Å². The molecule has 1 aliphatic rings. The van der Waals surface area contributed by atoms with Crippen molar-refractivity contribution in [3.63, 3.8) is 0 Å². The molecule has 1 heterocycles. The molecule has 0 aliphatic carbocycles. The van der Waals surface area contributed by atoms with Gasteiger partial charge in [0.05, 0.1) is 0 Å². The molecule has 0 radical (unpaired) electrons. The molecule has 1 unspecified atom stereocenters. The lowest BCUT2D eigenvalue weighted by atomic mass is 9.99. The molecular weight excluding hydrogens is 248 g/mol. The van der Waals surface area contributed by atoms with Gasteiger partial charge in [0.15, 0.2) is 20.7 Å². The summed E-state index contributed by atoms with van der Waals surface area (Å²) in [6.45, 7) is 5.49. The normalized spacial score (nSPS) is 39.1. The van der Waals surface area contributed by atoms with E-state index in [1.807, 2.05) is 19.6 Å². The second-order valence-corrected chi connectivity index (χ2v) is 9.43. The van der Waals surface area contributed by atoms with Crippen LogP contribution in [0.1, 0.15) is 0 Å². The van der Waals surface area contributed by atoms with E-state index in [9.17, 15) is 20.1 Å². The maximum absolute atomic E-state index is 10.8. The van der Waals surface area contributed by atoms with Crippen molar-refractivity contribution in [1.82, 2.24) is 0 Å². The Balaban J connectivity index is 2.82. The van der Waals surface area contributed by atoms with Crippen molar-refractivity contribution >= 4 is 14.3 Å². The molecule has 0 saturated carbocycles. The van der Waals surface area contributed by atoms with Crippen molar-refractivity contribution in [2.45, 2.75) is 50.3 Å². The minimum atomic E-state index is -2.07. The monoisotopic (exact) mass is 266 g/mol. The molecule has 0 aromatic heterocycles. The molecule has 100 valence electrons. The lowest BCUT2D eigenvalue weighted by Crippen LogP contribution is -2.61. The fourth-order valence-electron chi connectivity index (χ4n) is 1.50. The molecule has 7 nitrogen and oxygen atoms in total. The fraction of sp³-hybridized carbons (Fsp3) is 0.889. The predicted molar refractivity (Wildman–Crippen MR) is 58.7 cm³/mol. The van der Waals surface area contributed by atoms with Gasteiger partial charge < -0.3 is 29.6 Å². The number of carboxylic acids is 1. The highest BCUT2D eigenvalue weighted by Crippen LogP contribution is 2.24. The van der Waals surface area contributed by atoms with Crippen molar-refractivity contribution in [1.29, 1.82) is 0 Å². The zero-order valence-corrected chi connectivity index (χ0v) is 10.9. The van der Waals surface area contributed by atoms with E-state index in [0.29, 0.717) is 0 Å². The Morgan fingerprint density at radius 3 is 2.06 bits per heavy atom. The molecule has 4 N–H and O–H groups in total. The number of aliphatic hydroxyl groups excluding tert-OH is 3. The molecule has 0 spiro atoms. The molecule has 1 saturated heterocycles. The molecule has 8 heteroatoms. The summed E-state index contributed by atoms with van der Waals surface area (Å²) in [5, 5.41) is 37.4. The standard InChI is InChI=1S/C9H18O7Si/c1-17(2,3)16-9-6(12)4(10)5(11)7(15-9)8(13)14/h4-7,9-12H,1-3H3,(H,13,14)/t4-,5-,6+,7-,9?/m0/s1. The second-order valence-electron chi connectivity index (χ2n) is 4.97. The van der Waals surface area contributed by atoms with E-state index in [4.69, 9.17) is 14.3 Å². The lowest BCUT2D eigenvalue weighted by molar-refractivity contribution is -0.273. The van der Waals surface area contributed by atoms with Gasteiger partial charge in [0, 0.05) is 0 Å². The van der Waals surface area contributed by atoms with Crippen LogP contribution in [0.5, 0.6) is 0 Å². The summed E-state index contributed by atoms with van der Waals surface area (Å²) in [6, 6.07) is 0. The molecule has 0 aromatic carbocycles. The minimum Gasteiger partial charge on any atom is -0.479 e. The molecule has 0 bridgehead atoms. The number of rotatable bonds is 3. The van der Waals surface area contributed by atoms with Crippen LogP contribution in [0.4, 0.5) is 0 Å². The summed E-state index contributed by atoms with van der Waals surface area (Å²) in [5.41, 5.74) is 0. The van der Waals surface area contributed by atoms with Gasteiger partial charge >= 0.3 is 5.97 Å². The molecule has 0 aromatic rings. The van der Waals surface area contributed by atoms with Gasteiger partial charge in [0.1, 0.15) is 18.3 Å². The topological polar surface area (TPSA) is 116 Å². The van der Waals surface area contributed by atoms with Crippen LogP contribution in [0.3, 0.4) is 0 Å². The summed E-state index contributed by atoms with van der Waals surface area (Å²) in [7, 11) is -2.07. The molecule has 1 fully saturated rings. The van der Waals surface area contributed by atoms with Crippen molar-refractivity contribution in [3.05, 3.63) is 0 Å². The summed E-state index contributed by atoms with van der Waals surface area (Å²) in [4.78, 5) is 10.8. The Morgan fingerprint density at radius 1 is 1.12 bits per heavy atom. The first-order valence-electron chi connectivity index (χ1n) is 5.24. The van der Waals surface area contributed by atoms with Crippen LogP contribution in [-0.2, 0) is 14.0 Å². The number of hydrogen-bond donors (Lipinski definition) is 4. The SMILES string of the molecule is C[Si](C)(C)OC1O[C@H](C(=O)O)[C@@H](O)[C@H](O)[C@H]1O. The van der Waals surface area contributed by atoms with Crippen LogP contribution in [0.2, 0.25) is 19.6 Å². The van der Waals surface area contributed by atoms with E-state index in [-0.39, 0.29) is 0 Å². The van der Waals surface area contributed by atoms with Crippen LogP contribution in [0, 0.1) is 0 Å². The number of aliphatic carboxylic acids is 1. The van der Waals surface area contributed by atoms with Gasteiger partial charge in [-0.2, -0.15) is 0 Å². The lowest BCUT2D eigenvalue weighted by Gasteiger charge is -2.40. The van der Waals surface area contributed by atoms with Gasteiger partial charge in [-0.05, 0) is 19.6 Å². The Kier molecular flexibility index (Phi) is 4.28. The summed E-state index contributed by atoms with van der Waals surface area (Å²) < 4.78 is 10.4. The van der Waals surface area contributed by atoms with E-state index in [0.717, 1.165) is 0 Å². The quantitative estimate of drug-likeness (QED) is 0.471. The number of aliphatic hydroxyl groups is 3. The van der Waals surface area contributed by atoms with Crippen LogP contribution < -0.4 is 0 Å². The number of carboxylic acid groups (broad SMARTS) is 1. The van der Waals surface area contributed by atoms with Crippen molar-refractivity contribution < 1.29 is 34.4 Å². The van der Waals surface area contributed by atoms with E-state index in [2.05, 4.69) is 0 Å². The molecule has 5 atom stereocenters. The average molecular weight is 266 g/mol. The minimum absolute atomic E-state index is 1.24. The van der Waals surface area contributed by atoms with Gasteiger partial charge in [-0.15, -0.1) is 0 Å². The molecule has 1 aliphatic heterocycles. The maximum atomic E-state index is 10.8. The van der Waals surface area contributed by atoms with Crippen LogP contribution in [-0.4, -0.2) is 65.4 Å². The van der Waals surface area contributed by atoms with Gasteiger partial charge in [-0.3, -0.25) is 0 Å². The van der Waals surface area contributed by atoms with E-state index < -0.39 is 45.0 Å². The third-order valence-corrected chi connectivity index (χ3v) is 3.22. The first kappa shape index (κ1) is 14.5.